The number of hydrogen-bond acceptors (Lipinski definition) is 6. The molecule has 6 N–H and O–H groups in total. The van der Waals surface area contributed by atoms with Crippen molar-refractivity contribution in [1.82, 2.24) is 20.9 Å². The van der Waals surface area contributed by atoms with Crippen LogP contribution in [0.15, 0.2) is 0 Å². The highest BCUT2D eigenvalue weighted by atomic mass is 16.3. The van der Waals surface area contributed by atoms with E-state index >= 15 is 0 Å². The number of hydrogen-bond donors (Lipinski definition) is 5. The average Bonchev–Trinajstić information content (AvgIpc) is 3.76. The number of aliphatic hydroxyl groups excluding tert-OH is 1. The first-order valence-electron chi connectivity index (χ1n) is 15.3. The first-order valence-corrected chi connectivity index (χ1v) is 15.3. The van der Waals surface area contributed by atoms with E-state index < -0.39 is 52.7 Å². The average molecular weight is 576 g/mol. The highest BCUT2D eigenvalue weighted by Gasteiger charge is 2.70. The second-order valence-corrected chi connectivity index (χ2v) is 14.6. The number of carbonyl (C=O) groups excluding carboxylic acids is 5. The van der Waals surface area contributed by atoms with Gasteiger partial charge in [-0.15, -0.1) is 0 Å². The van der Waals surface area contributed by atoms with Gasteiger partial charge in [-0.2, -0.15) is 0 Å². The van der Waals surface area contributed by atoms with Crippen molar-refractivity contribution in [2.45, 2.75) is 116 Å². The van der Waals surface area contributed by atoms with Gasteiger partial charge in [0, 0.05) is 6.54 Å². The number of carbonyl (C=O) groups is 5. The van der Waals surface area contributed by atoms with E-state index in [2.05, 4.69) is 29.8 Å². The number of urea groups is 1. The van der Waals surface area contributed by atoms with Crippen LogP contribution in [0.2, 0.25) is 0 Å². The maximum absolute atomic E-state index is 14.1. The lowest BCUT2D eigenvalue weighted by Gasteiger charge is -2.39. The maximum atomic E-state index is 14.1. The van der Waals surface area contributed by atoms with Crippen LogP contribution in [0.25, 0.3) is 0 Å². The summed E-state index contributed by atoms with van der Waals surface area (Å²) in [6.07, 6.45) is 7.48. The van der Waals surface area contributed by atoms with Crippen molar-refractivity contribution in [3.63, 3.8) is 0 Å². The molecule has 3 aliphatic carbocycles. The zero-order valence-electron chi connectivity index (χ0n) is 25.3. The first kappa shape index (κ1) is 31.3. The van der Waals surface area contributed by atoms with Crippen LogP contribution in [0.4, 0.5) is 4.79 Å². The van der Waals surface area contributed by atoms with Gasteiger partial charge in [-0.3, -0.25) is 19.2 Å². The molecule has 41 heavy (non-hydrogen) atoms. The summed E-state index contributed by atoms with van der Waals surface area (Å²) in [5, 5.41) is 18.8. The van der Waals surface area contributed by atoms with Crippen molar-refractivity contribution >= 4 is 29.5 Å². The van der Waals surface area contributed by atoms with Crippen molar-refractivity contribution in [3.8, 4) is 0 Å². The molecule has 3 unspecified atom stereocenters. The summed E-state index contributed by atoms with van der Waals surface area (Å²) in [5.74, 6) is -2.48. The van der Waals surface area contributed by atoms with Crippen LogP contribution >= 0.6 is 0 Å². The number of nitrogens with two attached hydrogens (primary N) is 1. The van der Waals surface area contributed by atoms with Gasteiger partial charge < -0.3 is 31.7 Å². The highest BCUT2D eigenvalue weighted by molar-refractivity contribution is 6.37. The van der Waals surface area contributed by atoms with Gasteiger partial charge in [0.1, 0.15) is 12.1 Å². The quantitative estimate of drug-likeness (QED) is 0.196. The van der Waals surface area contributed by atoms with E-state index in [9.17, 15) is 29.1 Å². The molecule has 1 aliphatic heterocycles. The molecule has 0 spiro atoms. The minimum atomic E-state index is -1.09. The van der Waals surface area contributed by atoms with Crippen LogP contribution in [-0.2, 0) is 19.2 Å². The van der Waals surface area contributed by atoms with E-state index in [1.807, 2.05) is 20.8 Å². The lowest BCUT2D eigenvalue weighted by Crippen LogP contribution is -2.63. The summed E-state index contributed by atoms with van der Waals surface area (Å²) in [6, 6.07) is -3.29. The molecule has 230 valence electrons. The normalized spacial score (nSPS) is 28.0. The number of likely N-dealkylation sites (tertiary alicyclic amines) is 1. The van der Waals surface area contributed by atoms with Gasteiger partial charge >= 0.3 is 6.03 Å². The summed E-state index contributed by atoms with van der Waals surface area (Å²) in [4.78, 5) is 67.0. The smallest absolute Gasteiger partial charge is 0.315 e. The fraction of sp³-hybridized carbons (Fsp3) is 0.833. The minimum absolute atomic E-state index is 0.102. The van der Waals surface area contributed by atoms with Crippen molar-refractivity contribution in [3.05, 3.63) is 0 Å². The van der Waals surface area contributed by atoms with Crippen LogP contribution in [0.1, 0.15) is 92.4 Å². The Morgan fingerprint density at radius 1 is 1.00 bits per heavy atom. The summed E-state index contributed by atoms with van der Waals surface area (Å²) < 4.78 is 0. The van der Waals surface area contributed by atoms with E-state index in [1.54, 1.807) is 4.90 Å². The van der Waals surface area contributed by atoms with Gasteiger partial charge in [-0.25, -0.2) is 4.79 Å². The van der Waals surface area contributed by atoms with Crippen LogP contribution in [0, 0.1) is 28.6 Å². The molecule has 0 bridgehead atoms. The zero-order chi connectivity index (χ0) is 30.3. The fourth-order valence-electron chi connectivity index (χ4n) is 7.11. The summed E-state index contributed by atoms with van der Waals surface area (Å²) >= 11 is 0. The number of fused-ring (bicyclic) bond motifs is 1. The first-order chi connectivity index (χ1) is 19.1. The van der Waals surface area contributed by atoms with Gasteiger partial charge in [-0.1, -0.05) is 73.1 Å². The SMILES string of the molecule is CC(C)(C)C(NC(=O)NC1(CO)CCCCCC1)C(=O)N1C[C@H]2[C@@H](C1C(=O)NC(CC1CC1)C(=O)C(N)=O)C2(C)C. The van der Waals surface area contributed by atoms with Crippen molar-refractivity contribution in [1.29, 1.82) is 0 Å². The lowest BCUT2D eigenvalue weighted by molar-refractivity contribution is -0.145. The molecule has 4 aliphatic rings. The van der Waals surface area contributed by atoms with E-state index in [-0.39, 0.29) is 35.7 Å². The molecular formula is C30H49N5O6. The van der Waals surface area contributed by atoms with Gasteiger partial charge in [-0.05, 0) is 47.8 Å². The Labute approximate surface area is 243 Å². The van der Waals surface area contributed by atoms with Gasteiger partial charge in [0.15, 0.2) is 0 Å². The number of amides is 5. The van der Waals surface area contributed by atoms with E-state index in [1.165, 1.54) is 0 Å². The molecule has 0 radical (unpaired) electrons. The standard InChI is InChI=1S/C30H49N5O6/c1-28(2,3)23(33-27(41)34-30(16-36)12-8-6-7-9-13-30)26(40)35-15-18-20(29(18,4)5)21(35)25(39)32-19(14-17-10-11-17)22(37)24(31)38/h17-21,23,36H,6-16H2,1-5H3,(H2,31,38)(H,32,39)(H2,33,34,41)/t18-,19?,20-,21?,23?/m0/s1. The Hall–Kier alpha value is -2.69. The van der Waals surface area contributed by atoms with Crippen molar-refractivity contribution in [2.24, 2.45) is 34.3 Å². The molecule has 1 heterocycles. The monoisotopic (exact) mass is 575 g/mol. The largest absolute Gasteiger partial charge is 0.394 e. The van der Waals surface area contributed by atoms with Gasteiger partial charge in [0.25, 0.3) is 5.91 Å². The molecule has 1 saturated heterocycles. The number of nitrogens with one attached hydrogen (secondary N) is 3. The summed E-state index contributed by atoms with van der Waals surface area (Å²) in [5.41, 5.74) is 3.72. The number of rotatable bonds is 10. The van der Waals surface area contributed by atoms with Crippen molar-refractivity contribution in [2.75, 3.05) is 13.2 Å². The molecular weight excluding hydrogens is 526 g/mol. The molecule has 3 saturated carbocycles. The number of Topliss-reactive ketones (excluding diaryl/α,β-unsaturated/α-hetero) is 1. The predicted octanol–water partition coefficient (Wildman–Crippen LogP) is 1.61. The topological polar surface area (TPSA) is 171 Å². The van der Waals surface area contributed by atoms with Crippen LogP contribution in [0.5, 0.6) is 0 Å². The Morgan fingerprint density at radius 3 is 2.12 bits per heavy atom. The number of aliphatic hydroxyl groups is 1. The maximum Gasteiger partial charge on any atom is 0.315 e. The van der Waals surface area contributed by atoms with Crippen LogP contribution in [-0.4, -0.2) is 76.4 Å². The molecule has 5 atom stereocenters. The number of ketones is 1. The molecule has 0 aromatic heterocycles. The second-order valence-electron chi connectivity index (χ2n) is 14.6. The Kier molecular flexibility index (Phi) is 8.79. The molecule has 0 aromatic rings. The van der Waals surface area contributed by atoms with Gasteiger partial charge in [0.2, 0.25) is 17.6 Å². The third-order valence-electron chi connectivity index (χ3n) is 10.0. The summed E-state index contributed by atoms with van der Waals surface area (Å²) in [7, 11) is 0. The van der Waals surface area contributed by atoms with E-state index in [0.717, 1.165) is 38.5 Å². The summed E-state index contributed by atoms with van der Waals surface area (Å²) in [6.45, 7) is 9.89. The number of piperidine rings is 1. The molecule has 4 rings (SSSR count). The third kappa shape index (κ3) is 6.70. The molecule has 5 amide bonds. The van der Waals surface area contributed by atoms with Crippen LogP contribution < -0.4 is 21.7 Å². The van der Waals surface area contributed by atoms with Gasteiger partial charge in [0.05, 0.1) is 18.2 Å². The second kappa shape index (κ2) is 11.5. The minimum Gasteiger partial charge on any atom is -0.394 e. The Bertz CT molecular complexity index is 1060. The third-order valence-corrected chi connectivity index (χ3v) is 10.0. The predicted molar refractivity (Wildman–Crippen MR) is 152 cm³/mol. The Balaban J connectivity index is 1.52. The lowest BCUT2D eigenvalue weighted by atomic mass is 9.85. The van der Waals surface area contributed by atoms with E-state index in [0.29, 0.717) is 25.8 Å². The number of nitrogens with zero attached hydrogens (tertiary/aromatic N) is 1. The zero-order valence-corrected chi connectivity index (χ0v) is 25.3. The Morgan fingerprint density at radius 2 is 1.61 bits per heavy atom. The molecule has 4 fully saturated rings. The van der Waals surface area contributed by atoms with Crippen LogP contribution in [0.3, 0.4) is 0 Å². The number of primary amides is 1. The molecule has 11 heteroatoms. The van der Waals surface area contributed by atoms with E-state index in [4.69, 9.17) is 5.73 Å². The fourth-order valence-corrected chi connectivity index (χ4v) is 7.11. The van der Waals surface area contributed by atoms with Crippen molar-refractivity contribution < 1.29 is 29.1 Å². The highest BCUT2D eigenvalue weighted by Crippen LogP contribution is 2.65. The molecule has 0 aromatic carbocycles. The molecule has 11 nitrogen and oxygen atoms in total.